The van der Waals surface area contributed by atoms with E-state index in [0.29, 0.717) is 18.2 Å². The zero-order valence-corrected chi connectivity index (χ0v) is 14.4. The second kappa shape index (κ2) is 10.1. The van der Waals surface area contributed by atoms with E-state index in [9.17, 15) is 9.90 Å². The van der Waals surface area contributed by atoms with Gasteiger partial charge in [-0.05, 0) is 36.9 Å². The third-order valence-corrected chi connectivity index (χ3v) is 4.33. The number of rotatable bonds is 6. The number of ether oxygens (including phenoxy) is 1. The highest BCUT2D eigenvalue weighted by Gasteiger charge is 2.22. The molecule has 1 fully saturated rings. The second-order valence-electron chi connectivity index (χ2n) is 6.15. The maximum Gasteiger partial charge on any atom is 0.341 e. The SMILES string of the molecule is CCNCC#CC[C@H](O)C(=O)Oc1ccccc1C1CCCCC1. The fraction of sp³-hybridized carbons (Fsp3) is 0.550. The van der Waals surface area contributed by atoms with Crippen LogP contribution < -0.4 is 10.1 Å². The molecule has 4 heteroatoms. The van der Waals surface area contributed by atoms with Gasteiger partial charge in [-0.3, -0.25) is 0 Å². The lowest BCUT2D eigenvalue weighted by atomic mass is 9.84. The Kier molecular flexibility index (Phi) is 7.81. The molecular weight excluding hydrogens is 302 g/mol. The van der Waals surface area contributed by atoms with E-state index in [-0.39, 0.29) is 6.42 Å². The minimum absolute atomic E-state index is 0.0931. The molecule has 1 aromatic rings. The van der Waals surface area contributed by atoms with Gasteiger partial charge >= 0.3 is 5.97 Å². The Bertz CT molecular complexity index is 582. The summed E-state index contributed by atoms with van der Waals surface area (Å²) in [4.78, 5) is 12.1. The average molecular weight is 329 g/mol. The zero-order chi connectivity index (χ0) is 17.2. The number of carbonyl (C=O) groups is 1. The Labute approximate surface area is 144 Å². The van der Waals surface area contributed by atoms with Crippen LogP contribution in [0.15, 0.2) is 24.3 Å². The van der Waals surface area contributed by atoms with Crippen LogP contribution >= 0.6 is 0 Å². The Balaban J connectivity index is 1.94. The minimum Gasteiger partial charge on any atom is -0.424 e. The van der Waals surface area contributed by atoms with E-state index >= 15 is 0 Å². The van der Waals surface area contributed by atoms with Gasteiger partial charge in [0.05, 0.1) is 6.54 Å². The van der Waals surface area contributed by atoms with E-state index < -0.39 is 12.1 Å². The first-order valence-electron chi connectivity index (χ1n) is 8.87. The molecule has 4 nitrogen and oxygen atoms in total. The highest BCUT2D eigenvalue weighted by atomic mass is 16.5. The summed E-state index contributed by atoms with van der Waals surface area (Å²) in [6, 6.07) is 7.67. The monoisotopic (exact) mass is 329 g/mol. The molecule has 2 N–H and O–H groups in total. The van der Waals surface area contributed by atoms with Gasteiger partial charge in [0.25, 0.3) is 0 Å². The van der Waals surface area contributed by atoms with E-state index in [1.165, 1.54) is 19.3 Å². The minimum atomic E-state index is -1.21. The molecule has 0 aliphatic heterocycles. The summed E-state index contributed by atoms with van der Waals surface area (Å²) < 4.78 is 5.47. The molecule has 1 aliphatic carbocycles. The van der Waals surface area contributed by atoms with Crippen LogP contribution in [-0.4, -0.2) is 30.3 Å². The lowest BCUT2D eigenvalue weighted by Crippen LogP contribution is -2.26. The number of benzene rings is 1. The number of nitrogens with one attached hydrogen (secondary N) is 1. The van der Waals surface area contributed by atoms with Gasteiger partial charge in [-0.25, -0.2) is 4.79 Å². The third kappa shape index (κ3) is 5.67. The van der Waals surface area contributed by atoms with Gasteiger partial charge in [0.15, 0.2) is 6.10 Å². The molecule has 2 rings (SSSR count). The summed E-state index contributed by atoms with van der Waals surface area (Å²) >= 11 is 0. The van der Waals surface area contributed by atoms with E-state index in [2.05, 4.69) is 17.2 Å². The maximum absolute atomic E-state index is 12.1. The van der Waals surface area contributed by atoms with Gasteiger partial charge < -0.3 is 15.2 Å². The van der Waals surface area contributed by atoms with Crippen LogP contribution in [0.2, 0.25) is 0 Å². The van der Waals surface area contributed by atoms with Crippen molar-refractivity contribution in [3.8, 4) is 17.6 Å². The van der Waals surface area contributed by atoms with Crippen molar-refractivity contribution in [2.45, 2.75) is 57.5 Å². The van der Waals surface area contributed by atoms with Gasteiger partial charge in [0.2, 0.25) is 0 Å². The van der Waals surface area contributed by atoms with Crippen molar-refractivity contribution < 1.29 is 14.6 Å². The fourth-order valence-electron chi connectivity index (χ4n) is 3.00. The number of para-hydroxylation sites is 1. The number of esters is 1. The van der Waals surface area contributed by atoms with E-state index in [0.717, 1.165) is 24.9 Å². The third-order valence-electron chi connectivity index (χ3n) is 4.33. The normalized spacial score (nSPS) is 16.1. The van der Waals surface area contributed by atoms with Crippen LogP contribution in [0, 0.1) is 11.8 Å². The number of aliphatic hydroxyl groups is 1. The van der Waals surface area contributed by atoms with Crippen molar-refractivity contribution in [3.05, 3.63) is 29.8 Å². The average Bonchev–Trinajstić information content (AvgIpc) is 2.62. The molecule has 0 spiro atoms. The summed E-state index contributed by atoms with van der Waals surface area (Å²) in [5.41, 5.74) is 1.08. The van der Waals surface area contributed by atoms with Crippen LogP contribution in [0.3, 0.4) is 0 Å². The zero-order valence-electron chi connectivity index (χ0n) is 14.4. The summed E-state index contributed by atoms with van der Waals surface area (Å²) in [6.45, 7) is 3.40. The molecule has 1 saturated carbocycles. The molecule has 0 radical (unpaired) electrons. The van der Waals surface area contributed by atoms with Gasteiger partial charge in [0.1, 0.15) is 5.75 Å². The van der Waals surface area contributed by atoms with Crippen LogP contribution in [-0.2, 0) is 4.79 Å². The van der Waals surface area contributed by atoms with Gasteiger partial charge in [-0.1, -0.05) is 56.2 Å². The fourth-order valence-corrected chi connectivity index (χ4v) is 3.00. The Hall–Kier alpha value is -1.83. The van der Waals surface area contributed by atoms with E-state index in [1.807, 2.05) is 31.2 Å². The lowest BCUT2D eigenvalue weighted by molar-refractivity contribution is -0.143. The van der Waals surface area contributed by atoms with Gasteiger partial charge in [-0.2, -0.15) is 0 Å². The van der Waals surface area contributed by atoms with Crippen molar-refractivity contribution in [2.24, 2.45) is 0 Å². The molecule has 1 aliphatic rings. The highest BCUT2D eigenvalue weighted by molar-refractivity contribution is 5.77. The Morgan fingerprint density at radius 3 is 2.79 bits per heavy atom. The number of aliphatic hydroxyl groups excluding tert-OH is 1. The number of hydrogen-bond acceptors (Lipinski definition) is 4. The molecule has 130 valence electrons. The molecule has 0 amide bonds. The van der Waals surface area contributed by atoms with Crippen LogP contribution in [0.5, 0.6) is 5.75 Å². The van der Waals surface area contributed by atoms with Crippen LogP contribution in [0.25, 0.3) is 0 Å². The second-order valence-corrected chi connectivity index (χ2v) is 6.15. The predicted molar refractivity (Wildman–Crippen MR) is 94.8 cm³/mol. The van der Waals surface area contributed by atoms with Crippen LogP contribution in [0.1, 0.15) is 56.9 Å². The van der Waals surface area contributed by atoms with Crippen LogP contribution in [0.4, 0.5) is 0 Å². The van der Waals surface area contributed by atoms with Gasteiger partial charge in [0, 0.05) is 6.42 Å². The number of hydrogen-bond donors (Lipinski definition) is 2. The first-order valence-corrected chi connectivity index (χ1v) is 8.87. The molecule has 1 aromatic carbocycles. The largest absolute Gasteiger partial charge is 0.424 e. The molecule has 0 saturated heterocycles. The number of carbonyl (C=O) groups excluding carboxylic acids is 1. The maximum atomic E-state index is 12.1. The highest BCUT2D eigenvalue weighted by Crippen LogP contribution is 2.37. The Morgan fingerprint density at radius 2 is 2.04 bits per heavy atom. The van der Waals surface area contributed by atoms with E-state index in [1.54, 1.807) is 0 Å². The quantitative estimate of drug-likeness (QED) is 0.365. The van der Waals surface area contributed by atoms with Crippen molar-refractivity contribution in [1.82, 2.24) is 5.32 Å². The first-order chi connectivity index (χ1) is 11.7. The molecule has 24 heavy (non-hydrogen) atoms. The van der Waals surface area contributed by atoms with Gasteiger partial charge in [-0.15, -0.1) is 0 Å². The van der Waals surface area contributed by atoms with Crippen molar-refractivity contribution in [2.75, 3.05) is 13.1 Å². The first kappa shape index (κ1) is 18.5. The topological polar surface area (TPSA) is 58.6 Å². The molecule has 0 heterocycles. The van der Waals surface area contributed by atoms with Crippen molar-refractivity contribution >= 4 is 5.97 Å². The lowest BCUT2D eigenvalue weighted by Gasteiger charge is -2.24. The summed E-state index contributed by atoms with van der Waals surface area (Å²) in [5, 5.41) is 13.0. The summed E-state index contributed by atoms with van der Waals surface area (Å²) in [5.74, 6) is 6.06. The predicted octanol–water partition coefficient (Wildman–Crippen LogP) is 3.00. The van der Waals surface area contributed by atoms with Crippen molar-refractivity contribution in [3.63, 3.8) is 0 Å². The standard InChI is InChI=1S/C20H27NO3/c1-2-21-15-9-8-13-18(22)20(23)24-19-14-7-6-12-17(19)16-10-4-3-5-11-16/h6-7,12,14,16,18,21-22H,2-5,10-11,13,15H2,1H3/t18-/m0/s1. The van der Waals surface area contributed by atoms with E-state index in [4.69, 9.17) is 4.74 Å². The smallest absolute Gasteiger partial charge is 0.341 e. The molecule has 1 atom stereocenters. The Morgan fingerprint density at radius 1 is 1.29 bits per heavy atom. The molecular formula is C20H27NO3. The summed E-state index contributed by atoms with van der Waals surface area (Å²) in [6.07, 6.45) is 4.87. The summed E-state index contributed by atoms with van der Waals surface area (Å²) in [7, 11) is 0. The molecule has 0 bridgehead atoms. The van der Waals surface area contributed by atoms with Crippen molar-refractivity contribution in [1.29, 1.82) is 0 Å². The molecule has 0 unspecified atom stereocenters. The molecule has 0 aromatic heterocycles.